The summed E-state index contributed by atoms with van der Waals surface area (Å²) >= 11 is 3.48. The lowest BCUT2D eigenvalue weighted by Crippen LogP contribution is -2.18. The molecule has 18 heavy (non-hydrogen) atoms. The van der Waals surface area contributed by atoms with E-state index in [-0.39, 0.29) is 0 Å². The third-order valence-corrected chi connectivity index (χ3v) is 3.12. The smallest absolute Gasteiger partial charge is 0.141 e. The fourth-order valence-corrected chi connectivity index (χ4v) is 2.19. The Morgan fingerprint density at radius 1 is 1.39 bits per heavy atom. The molecule has 1 N–H and O–H groups in total. The minimum atomic E-state index is 0.753. The zero-order valence-electron chi connectivity index (χ0n) is 10.4. The van der Waals surface area contributed by atoms with E-state index in [1.807, 2.05) is 16.8 Å². The van der Waals surface area contributed by atoms with Crippen molar-refractivity contribution < 1.29 is 0 Å². The van der Waals surface area contributed by atoms with Gasteiger partial charge in [0.05, 0.1) is 13.1 Å². The Balaban J connectivity index is 2.03. The van der Waals surface area contributed by atoms with E-state index in [1.54, 1.807) is 6.33 Å². The monoisotopic (exact) mass is 308 g/mol. The highest BCUT2D eigenvalue weighted by Gasteiger charge is 2.04. The maximum Gasteiger partial charge on any atom is 0.141 e. The largest absolute Gasteiger partial charge is 0.310 e. The zero-order valence-corrected chi connectivity index (χ0v) is 12.0. The number of rotatable bonds is 6. The molecule has 0 aliphatic carbocycles. The Bertz CT molecular complexity index is 495. The summed E-state index contributed by atoms with van der Waals surface area (Å²) in [7, 11) is 0. The van der Waals surface area contributed by atoms with Crippen molar-refractivity contribution in [3.63, 3.8) is 0 Å². The molecule has 0 radical (unpaired) electrons. The van der Waals surface area contributed by atoms with Gasteiger partial charge < -0.3 is 5.32 Å². The third-order valence-electron chi connectivity index (χ3n) is 2.63. The summed E-state index contributed by atoms with van der Waals surface area (Å²) in [6, 6.07) is 8.25. The van der Waals surface area contributed by atoms with E-state index in [9.17, 15) is 0 Å². The molecule has 0 amide bonds. The van der Waals surface area contributed by atoms with Crippen LogP contribution in [0.2, 0.25) is 0 Å². The number of aromatic nitrogens is 3. The molecule has 0 saturated carbocycles. The van der Waals surface area contributed by atoms with Crippen LogP contribution in [-0.4, -0.2) is 21.3 Å². The first kappa shape index (κ1) is 13.2. The van der Waals surface area contributed by atoms with Crippen LogP contribution in [0, 0.1) is 0 Å². The Labute approximate surface area is 116 Å². The molecule has 1 aromatic heterocycles. The van der Waals surface area contributed by atoms with Gasteiger partial charge in [-0.15, -0.1) is 0 Å². The summed E-state index contributed by atoms with van der Waals surface area (Å²) in [5.41, 5.74) is 1.21. The summed E-state index contributed by atoms with van der Waals surface area (Å²) in [5.74, 6) is 0.975. The lowest BCUT2D eigenvalue weighted by atomic mass is 10.2. The van der Waals surface area contributed by atoms with Gasteiger partial charge >= 0.3 is 0 Å². The summed E-state index contributed by atoms with van der Waals surface area (Å²) < 4.78 is 3.02. The Kier molecular flexibility index (Phi) is 4.90. The van der Waals surface area contributed by atoms with Crippen LogP contribution in [0.5, 0.6) is 0 Å². The highest BCUT2D eigenvalue weighted by atomic mass is 79.9. The van der Waals surface area contributed by atoms with E-state index in [4.69, 9.17) is 0 Å². The molecular formula is C13H17BrN4. The van der Waals surface area contributed by atoms with Gasteiger partial charge in [-0.25, -0.2) is 9.67 Å². The molecule has 1 aromatic carbocycles. The average molecular weight is 309 g/mol. The molecule has 0 spiro atoms. The van der Waals surface area contributed by atoms with Gasteiger partial charge in [0.25, 0.3) is 0 Å². The van der Waals surface area contributed by atoms with Gasteiger partial charge in [-0.1, -0.05) is 35.0 Å². The second-order valence-electron chi connectivity index (χ2n) is 4.14. The van der Waals surface area contributed by atoms with Gasteiger partial charge in [0.1, 0.15) is 12.2 Å². The summed E-state index contributed by atoms with van der Waals surface area (Å²) in [5, 5.41) is 7.61. The summed E-state index contributed by atoms with van der Waals surface area (Å²) in [6.07, 6.45) is 2.74. The van der Waals surface area contributed by atoms with Gasteiger partial charge in [-0.3, -0.25) is 0 Å². The molecule has 0 bridgehead atoms. The number of halogens is 1. The molecule has 5 heteroatoms. The lowest BCUT2D eigenvalue weighted by Gasteiger charge is -2.07. The molecule has 0 fully saturated rings. The third kappa shape index (κ3) is 3.65. The van der Waals surface area contributed by atoms with Gasteiger partial charge in [-0.2, -0.15) is 5.10 Å². The Hall–Kier alpha value is -1.20. The lowest BCUT2D eigenvalue weighted by molar-refractivity contribution is 0.582. The second kappa shape index (κ2) is 6.66. The van der Waals surface area contributed by atoms with Crippen LogP contribution in [0.25, 0.3) is 0 Å². The maximum atomic E-state index is 4.28. The molecule has 2 aromatic rings. The molecule has 0 atom stereocenters. The number of hydrogen-bond acceptors (Lipinski definition) is 3. The van der Waals surface area contributed by atoms with Crippen LogP contribution >= 0.6 is 15.9 Å². The minimum absolute atomic E-state index is 0.753. The van der Waals surface area contributed by atoms with E-state index in [2.05, 4.69) is 50.4 Å². The number of nitrogens with one attached hydrogen (secondary N) is 1. The quantitative estimate of drug-likeness (QED) is 0.834. The van der Waals surface area contributed by atoms with Crippen LogP contribution in [-0.2, 0) is 13.1 Å². The van der Waals surface area contributed by atoms with E-state index >= 15 is 0 Å². The first-order valence-corrected chi connectivity index (χ1v) is 6.90. The van der Waals surface area contributed by atoms with Crippen LogP contribution in [0.1, 0.15) is 24.7 Å². The predicted molar refractivity (Wildman–Crippen MR) is 75.3 cm³/mol. The van der Waals surface area contributed by atoms with E-state index < -0.39 is 0 Å². The zero-order chi connectivity index (χ0) is 12.8. The second-order valence-corrected chi connectivity index (χ2v) is 5.06. The van der Waals surface area contributed by atoms with Crippen molar-refractivity contribution in [3.8, 4) is 0 Å². The predicted octanol–water partition coefficient (Wildman–Crippen LogP) is 2.59. The highest BCUT2D eigenvalue weighted by Crippen LogP contribution is 2.12. The van der Waals surface area contributed by atoms with Crippen molar-refractivity contribution in [2.75, 3.05) is 6.54 Å². The van der Waals surface area contributed by atoms with Crippen molar-refractivity contribution in [2.45, 2.75) is 26.4 Å². The average Bonchev–Trinajstić information content (AvgIpc) is 2.77. The first-order chi connectivity index (χ1) is 8.79. The van der Waals surface area contributed by atoms with Gasteiger partial charge in [-0.05, 0) is 30.7 Å². The molecule has 0 aliphatic heterocycles. The van der Waals surface area contributed by atoms with Gasteiger partial charge in [0.2, 0.25) is 0 Å². The molecule has 0 unspecified atom stereocenters. The van der Waals surface area contributed by atoms with E-state index in [0.29, 0.717) is 0 Å². The van der Waals surface area contributed by atoms with Crippen LogP contribution in [0.15, 0.2) is 35.1 Å². The maximum absolute atomic E-state index is 4.28. The van der Waals surface area contributed by atoms with Crippen molar-refractivity contribution in [2.24, 2.45) is 0 Å². The fourth-order valence-electron chi connectivity index (χ4n) is 1.74. The first-order valence-electron chi connectivity index (χ1n) is 6.11. The van der Waals surface area contributed by atoms with Gasteiger partial charge in [0.15, 0.2) is 0 Å². The number of benzene rings is 1. The van der Waals surface area contributed by atoms with Gasteiger partial charge in [0, 0.05) is 4.47 Å². The Morgan fingerprint density at radius 2 is 2.28 bits per heavy atom. The molecular weight excluding hydrogens is 292 g/mol. The summed E-state index contributed by atoms with van der Waals surface area (Å²) in [4.78, 5) is 4.28. The van der Waals surface area contributed by atoms with Crippen molar-refractivity contribution in [1.29, 1.82) is 0 Å². The highest BCUT2D eigenvalue weighted by molar-refractivity contribution is 9.10. The van der Waals surface area contributed by atoms with E-state index in [1.165, 1.54) is 5.56 Å². The fraction of sp³-hybridized carbons (Fsp3) is 0.385. The summed E-state index contributed by atoms with van der Waals surface area (Å²) in [6.45, 7) is 4.67. The Morgan fingerprint density at radius 3 is 3.06 bits per heavy atom. The van der Waals surface area contributed by atoms with Crippen LogP contribution in [0.3, 0.4) is 0 Å². The topological polar surface area (TPSA) is 42.7 Å². The number of hydrogen-bond donors (Lipinski definition) is 1. The molecule has 0 saturated heterocycles. The SMILES string of the molecule is CCCNCc1ncnn1Cc1cccc(Br)c1. The standard InChI is InChI=1S/C13H17BrN4/c1-2-6-15-8-13-16-10-17-18(13)9-11-4-3-5-12(14)7-11/h3-5,7,10,15H,2,6,8-9H2,1H3. The van der Waals surface area contributed by atoms with Crippen molar-refractivity contribution in [3.05, 3.63) is 46.5 Å². The van der Waals surface area contributed by atoms with Crippen LogP contribution < -0.4 is 5.32 Å². The van der Waals surface area contributed by atoms with Crippen LogP contribution in [0.4, 0.5) is 0 Å². The van der Waals surface area contributed by atoms with Crippen molar-refractivity contribution >= 4 is 15.9 Å². The minimum Gasteiger partial charge on any atom is -0.310 e. The number of nitrogens with zero attached hydrogens (tertiary/aromatic N) is 3. The molecule has 2 rings (SSSR count). The van der Waals surface area contributed by atoms with Crippen molar-refractivity contribution in [1.82, 2.24) is 20.1 Å². The molecule has 96 valence electrons. The molecule has 0 aliphatic rings. The molecule has 4 nitrogen and oxygen atoms in total. The normalized spacial score (nSPS) is 10.8. The van der Waals surface area contributed by atoms with E-state index in [0.717, 1.165) is 36.4 Å². The molecule has 1 heterocycles.